The Labute approximate surface area is 99.8 Å². The van der Waals surface area contributed by atoms with Crippen LogP contribution < -0.4 is 0 Å². The summed E-state index contributed by atoms with van der Waals surface area (Å²) < 4.78 is 37.0. The fourth-order valence-electron chi connectivity index (χ4n) is 1.85. The lowest BCUT2D eigenvalue weighted by Gasteiger charge is -2.04. The minimum absolute atomic E-state index is 0.155. The van der Waals surface area contributed by atoms with Crippen molar-refractivity contribution in [2.24, 2.45) is 0 Å². The van der Waals surface area contributed by atoms with Gasteiger partial charge in [0.05, 0.1) is 11.3 Å². The topological polar surface area (TPSA) is 39.1 Å². The lowest BCUT2D eigenvalue weighted by Crippen LogP contribution is -2.06. The molecule has 0 unspecified atom stereocenters. The summed E-state index contributed by atoms with van der Waals surface area (Å²) in [6.45, 7) is 0.583. The molecule has 3 nitrogen and oxygen atoms in total. The fourth-order valence-corrected chi connectivity index (χ4v) is 2.50. The van der Waals surface area contributed by atoms with Gasteiger partial charge < -0.3 is 4.57 Å². The van der Waals surface area contributed by atoms with E-state index in [1.54, 1.807) is 6.07 Å². The van der Waals surface area contributed by atoms with Crippen LogP contribution in [0.3, 0.4) is 0 Å². The molecule has 5 heteroatoms. The van der Waals surface area contributed by atoms with E-state index in [-0.39, 0.29) is 11.6 Å². The molecule has 1 aromatic heterocycles. The standard InChI is InChI=1S/C12H14FNO2S/c1-17(15,16)8-2-6-14-7-5-10-3-4-11(13)9-12(10)14/h3-5,7,9H,2,6,8H2,1H3. The van der Waals surface area contributed by atoms with Gasteiger partial charge in [-0.2, -0.15) is 0 Å². The highest BCUT2D eigenvalue weighted by atomic mass is 32.2. The van der Waals surface area contributed by atoms with Gasteiger partial charge in [-0.05, 0) is 36.1 Å². The minimum atomic E-state index is -2.93. The minimum Gasteiger partial charge on any atom is -0.347 e. The summed E-state index contributed by atoms with van der Waals surface area (Å²) in [6.07, 6.45) is 3.62. The molecule has 17 heavy (non-hydrogen) atoms. The molecule has 0 N–H and O–H groups in total. The van der Waals surface area contributed by atoms with Crippen LogP contribution in [0.2, 0.25) is 0 Å². The van der Waals surface area contributed by atoms with Gasteiger partial charge in [0, 0.05) is 19.0 Å². The number of fused-ring (bicyclic) bond motifs is 1. The first-order valence-corrected chi connectivity index (χ1v) is 7.44. The summed E-state index contributed by atoms with van der Waals surface area (Å²) in [5.74, 6) is -0.123. The number of halogens is 1. The third-order valence-corrected chi connectivity index (χ3v) is 3.68. The maximum absolute atomic E-state index is 13.1. The average molecular weight is 255 g/mol. The van der Waals surface area contributed by atoms with Crippen molar-refractivity contribution in [3.8, 4) is 0 Å². The van der Waals surface area contributed by atoms with Gasteiger partial charge in [0.1, 0.15) is 15.7 Å². The summed E-state index contributed by atoms with van der Waals surface area (Å²) in [5, 5.41) is 0.964. The molecule has 0 aliphatic heterocycles. The summed E-state index contributed by atoms with van der Waals surface area (Å²) in [4.78, 5) is 0. The molecule has 0 bridgehead atoms. The van der Waals surface area contributed by atoms with Crippen LogP contribution in [0.1, 0.15) is 6.42 Å². The Morgan fingerprint density at radius 3 is 2.76 bits per heavy atom. The molecule has 0 radical (unpaired) electrons. The second-order valence-electron chi connectivity index (χ2n) is 4.20. The van der Waals surface area contributed by atoms with Gasteiger partial charge >= 0.3 is 0 Å². The number of aryl methyl sites for hydroxylation is 1. The first-order valence-electron chi connectivity index (χ1n) is 5.38. The quantitative estimate of drug-likeness (QED) is 0.840. The number of benzene rings is 1. The predicted octanol–water partition coefficient (Wildman–Crippen LogP) is 2.22. The van der Waals surface area contributed by atoms with Crippen LogP contribution in [0.25, 0.3) is 10.9 Å². The van der Waals surface area contributed by atoms with E-state index >= 15 is 0 Å². The average Bonchev–Trinajstić information content (AvgIpc) is 2.59. The molecule has 0 spiro atoms. The highest BCUT2D eigenvalue weighted by Crippen LogP contribution is 2.17. The Hall–Kier alpha value is -1.36. The first-order chi connectivity index (χ1) is 7.96. The molecule has 0 atom stereocenters. The highest BCUT2D eigenvalue weighted by molar-refractivity contribution is 7.90. The van der Waals surface area contributed by atoms with Gasteiger partial charge in [-0.15, -0.1) is 0 Å². The molecule has 0 aliphatic rings. The van der Waals surface area contributed by atoms with Crippen LogP contribution in [0, 0.1) is 5.82 Å². The molecule has 92 valence electrons. The number of hydrogen-bond acceptors (Lipinski definition) is 2. The molecule has 1 heterocycles. The summed E-state index contributed by atoms with van der Waals surface area (Å²) in [7, 11) is -2.93. The zero-order valence-corrected chi connectivity index (χ0v) is 10.4. The largest absolute Gasteiger partial charge is 0.347 e. The van der Waals surface area contributed by atoms with Crippen molar-refractivity contribution in [2.75, 3.05) is 12.0 Å². The monoisotopic (exact) mass is 255 g/mol. The van der Waals surface area contributed by atoms with Gasteiger partial charge in [0.15, 0.2) is 0 Å². The van der Waals surface area contributed by atoms with Crippen molar-refractivity contribution < 1.29 is 12.8 Å². The molecule has 2 aromatic rings. The Balaban J connectivity index is 2.16. The normalized spacial score (nSPS) is 12.1. The molecular weight excluding hydrogens is 241 g/mol. The zero-order valence-electron chi connectivity index (χ0n) is 9.56. The highest BCUT2D eigenvalue weighted by Gasteiger charge is 2.05. The van der Waals surface area contributed by atoms with Gasteiger partial charge in [-0.3, -0.25) is 0 Å². The van der Waals surface area contributed by atoms with Crippen molar-refractivity contribution in [3.05, 3.63) is 36.3 Å². The van der Waals surface area contributed by atoms with E-state index in [0.717, 1.165) is 10.9 Å². The maximum atomic E-state index is 13.1. The SMILES string of the molecule is CS(=O)(=O)CCCn1ccc2ccc(F)cc21. The van der Waals surface area contributed by atoms with Crippen LogP contribution in [-0.2, 0) is 16.4 Å². The van der Waals surface area contributed by atoms with E-state index in [2.05, 4.69) is 0 Å². The number of sulfone groups is 1. The van der Waals surface area contributed by atoms with Crippen LogP contribution in [-0.4, -0.2) is 25.0 Å². The van der Waals surface area contributed by atoms with Crippen LogP contribution in [0.4, 0.5) is 4.39 Å². The summed E-state index contributed by atoms with van der Waals surface area (Å²) in [6, 6.07) is 6.51. The molecule has 0 saturated heterocycles. The number of aromatic nitrogens is 1. The summed E-state index contributed by atoms with van der Waals surface area (Å²) >= 11 is 0. The van der Waals surface area contributed by atoms with Gasteiger partial charge in [0.25, 0.3) is 0 Å². The Morgan fingerprint density at radius 2 is 2.06 bits per heavy atom. The molecular formula is C12H14FNO2S. The van der Waals surface area contributed by atoms with Gasteiger partial charge in [-0.25, -0.2) is 12.8 Å². The van der Waals surface area contributed by atoms with E-state index in [4.69, 9.17) is 0 Å². The van der Waals surface area contributed by atoms with E-state index in [1.807, 2.05) is 16.8 Å². The third-order valence-electron chi connectivity index (χ3n) is 2.65. The maximum Gasteiger partial charge on any atom is 0.147 e. The zero-order chi connectivity index (χ0) is 12.5. The van der Waals surface area contributed by atoms with Gasteiger partial charge in [-0.1, -0.05) is 0 Å². The van der Waals surface area contributed by atoms with Crippen molar-refractivity contribution in [3.63, 3.8) is 0 Å². The van der Waals surface area contributed by atoms with Crippen molar-refractivity contribution >= 4 is 20.7 Å². The van der Waals surface area contributed by atoms with E-state index in [9.17, 15) is 12.8 Å². The second kappa shape index (κ2) is 4.49. The predicted molar refractivity (Wildman–Crippen MR) is 66.2 cm³/mol. The second-order valence-corrected chi connectivity index (χ2v) is 6.46. The Bertz CT molecular complexity index is 631. The lowest BCUT2D eigenvalue weighted by molar-refractivity contribution is 0.593. The first kappa shape index (κ1) is 12.1. The summed E-state index contributed by atoms with van der Waals surface area (Å²) in [5.41, 5.74) is 0.804. The van der Waals surface area contributed by atoms with Gasteiger partial charge in [0.2, 0.25) is 0 Å². The van der Waals surface area contributed by atoms with Crippen molar-refractivity contribution in [2.45, 2.75) is 13.0 Å². The van der Waals surface area contributed by atoms with E-state index < -0.39 is 9.84 Å². The Kier molecular flexibility index (Phi) is 3.19. The number of hydrogen-bond donors (Lipinski definition) is 0. The molecule has 0 amide bonds. The fraction of sp³-hybridized carbons (Fsp3) is 0.333. The molecule has 0 aliphatic carbocycles. The Morgan fingerprint density at radius 1 is 1.29 bits per heavy atom. The molecule has 2 rings (SSSR count). The van der Waals surface area contributed by atoms with Crippen molar-refractivity contribution in [1.29, 1.82) is 0 Å². The third kappa shape index (κ3) is 3.06. The van der Waals surface area contributed by atoms with E-state index in [0.29, 0.717) is 13.0 Å². The smallest absolute Gasteiger partial charge is 0.147 e. The van der Waals surface area contributed by atoms with E-state index in [1.165, 1.54) is 18.4 Å². The molecule has 1 aromatic carbocycles. The number of nitrogens with zero attached hydrogens (tertiary/aromatic N) is 1. The van der Waals surface area contributed by atoms with Crippen molar-refractivity contribution in [1.82, 2.24) is 4.57 Å². The number of rotatable bonds is 4. The van der Waals surface area contributed by atoms with Crippen LogP contribution in [0.5, 0.6) is 0 Å². The molecule has 0 saturated carbocycles. The van der Waals surface area contributed by atoms with Crippen LogP contribution >= 0.6 is 0 Å². The lowest BCUT2D eigenvalue weighted by atomic mass is 10.2. The molecule has 0 fully saturated rings. The van der Waals surface area contributed by atoms with Crippen LogP contribution in [0.15, 0.2) is 30.5 Å².